The van der Waals surface area contributed by atoms with Crippen molar-refractivity contribution in [2.45, 2.75) is 26.8 Å². The molecular weight excluding hydrogens is 374 g/mol. The van der Waals surface area contributed by atoms with Crippen molar-refractivity contribution in [1.29, 1.82) is 0 Å². The lowest BCUT2D eigenvalue weighted by atomic mass is 10.1. The van der Waals surface area contributed by atoms with Gasteiger partial charge in [-0.15, -0.1) is 0 Å². The molecule has 0 saturated carbocycles. The number of nitrogens with zero attached hydrogens (tertiary/aromatic N) is 3. The van der Waals surface area contributed by atoms with E-state index >= 15 is 0 Å². The second-order valence-electron chi connectivity index (χ2n) is 6.55. The zero-order valence-corrected chi connectivity index (χ0v) is 17.0. The number of aromatic nitrogens is 2. The van der Waals surface area contributed by atoms with Gasteiger partial charge in [0.05, 0.1) is 0 Å². The van der Waals surface area contributed by atoms with Crippen molar-refractivity contribution in [3.63, 3.8) is 0 Å². The number of guanidine groups is 1. The van der Waals surface area contributed by atoms with Crippen molar-refractivity contribution in [3.8, 4) is 11.4 Å². The molecule has 146 valence electrons. The summed E-state index contributed by atoms with van der Waals surface area (Å²) in [5.74, 6) is 1.86. The van der Waals surface area contributed by atoms with Crippen LogP contribution >= 0.6 is 11.6 Å². The molecule has 0 bridgehead atoms. The maximum absolute atomic E-state index is 5.91. The van der Waals surface area contributed by atoms with Crippen LogP contribution < -0.4 is 10.6 Å². The highest BCUT2D eigenvalue weighted by atomic mass is 35.5. The van der Waals surface area contributed by atoms with Crippen molar-refractivity contribution in [1.82, 2.24) is 20.8 Å². The van der Waals surface area contributed by atoms with Crippen molar-refractivity contribution in [2.24, 2.45) is 4.99 Å². The van der Waals surface area contributed by atoms with Crippen LogP contribution in [-0.2, 0) is 13.0 Å². The number of hydrogen-bond donors (Lipinski definition) is 2. The van der Waals surface area contributed by atoms with Crippen LogP contribution in [0.15, 0.2) is 52.0 Å². The zero-order valence-electron chi connectivity index (χ0n) is 16.3. The Bertz CT molecular complexity index is 950. The Balaban J connectivity index is 1.49. The minimum Gasteiger partial charge on any atom is -0.356 e. The van der Waals surface area contributed by atoms with Gasteiger partial charge in [0.2, 0.25) is 11.7 Å². The van der Waals surface area contributed by atoms with Crippen molar-refractivity contribution in [3.05, 3.63) is 70.1 Å². The van der Waals surface area contributed by atoms with Crippen molar-refractivity contribution < 1.29 is 4.52 Å². The van der Waals surface area contributed by atoms with Gasteiger partial charge in [0.15, 0.2) is 5.96 Å². The van der Waals surface area contributed by atoms with Gasteiger partial charge in [-0.3, -0.25) is 4.99 Å². The molecule has 0 atom stereocenters. The van der Waals surface area contributed by atoms with E-state index in [4.69, 9.17) is 16.1 Å². The second kappa shape index (κ2) is 9.37. The lowest BCUT2D eigenvalue weighted by Gasteiger charge is -2.13. The van der Waals surface area contributed by atoms with E-state index in [0.717, 1.165) is 11.5 Å². The minimum absolute atomic E-state index is 0.559. The average Bonchev–Trinajstić information content (AvgIpc) is 3.15. The number of aliphatic imine (C=N–C) groups is 1. The van der Waals surface area contributed by atoms with Gasteiger partial charge >= 0.3 is 0 Å². The zero-order chi connectivity index (χ0) is 19.9. The molecule has 3 aromatic rings. The quantitative estimate of drug-likeness (QED) is 0.487. The fourth-order valence-corrected chi connectivity index (χ4v) is 2.93. The van der Waals surface area contributed by atoms with Gasteiger partial charge in [0, 0.05) is 37.1 Å². The Morgan fingerprint density at radius 2 is 1.89 bits per heavy atom. The highest BCUT2D eigenvalue weighted by molar-refractivity contribution is 6.30. The molecule has 0 saturated heterocycles. The van der Waals surface area contributed by atoms with E-state index in [2.05, 4.69) is 57.8 Å². The van der Waals surface area contributed by atoms with Gasteiger partial charge in [-0.25, -0.2) is 0 Å². The van der Waals surface area contributed by atoms with Gasteiger partial charge in [0.25, 0.3) is 0 Å². The van der Waals surface area contributed by atoms with Crippen LogP contribution in [0.4, 0.5) is 0 Å². The first-order chi connectivity index (χ1) is 13.5. The van der Waals surface area contributed by atoms with Gasteiger partial charge in [0.1, 0.15) is 0 Å². The van der Waals surface area contributed by atoms with Gasteiger partial charge in [-0.1, -0.05) is 40.5 Å². The van der Waals surface area contributed by atoms with Gasteiger partial charge in [-0.2, -0.15) is 4.98 Å². The summed E-state index contributed by atoms with van der Waals surface area (Å²) in [6.07, 6.45) is 0.602. The predicted octanol–water partition coefficient (Wildman–Crippen LogP) is 3.91. The molecule has 2 N–H and O–H groups in total. The van der Waals surface area contributed by atoms with Crippen LogP contribution in [-0.4, -0.2) is 29.7 Å². The lowest BCUT2D eigenvalue weighted by molar-refractivity contribution is 0.378. The summed E-state index contributed by atoms with van der Waals surface area (Å²) in [6.45, 7) is 5.57. The largest absolute Gasteiger partial charge is 0.356 e. The van der Waals surface area contributed by atoms with E-state index in [1.807, 2.05) is 12.1 Å². The molecule has 0 aliphatic heterocycles. The van der Waals surface area contributed by atoms with Crippen LogP contribution in [0.3, 0.4) is 0 Å². The first-order valence-electron chi connectivity index (χ1n) is 9.14. The van der Waals surface area contributed by atoms with Crippen LogP contribution in [0, 0.1) is 13.8 Å². The third-order valence-corrected chi connectivity index (χ3v) is 4.62. The first kappa shape index (κ1) is 19.9. The van der Waals surface area contributed by atoms with Crippen LogP contribution in [0.2, 0.25) is 5.02 Å². The number of halogens is 1. The fraction of sp³-hybridized carbons (Fsp3) is 0.286. The summed E-state index contributed by atoms with van der Waals surface area (Å²) in [5, 5.41) is 11.3. The Morgan fingerprint density at radius 3 is 2.61 bits per heavy atom. The van der Waals surface area contributed by atoms with E-state index in [9.17, 15) is 0 Å². The molecule has 0 fully saturated rings. The number of hydrogen-bond acceptors (Lipinski definition) is 4. The highest BCUT2D eigenvalue weighted by Gasteiger charge is 2.09. The average molecular weight is 398 g/mol. The molecule has 28 heavy (non-hydrogen) atoms. The summed E-state index contributed by atoms with van der Waals surface area (Å²) < 4.78 is 5.33. The van der Waals surface area contributed by atoms with Crippen LogP contribution in [0.25, 0.3) is 11.4 Å². The highest BCUT2D eigenvalue weighted by Crippen LogP contribution is 2.18. The van der Waals surface area contributed by atoms with Gasteiger partial charge < -0.3 is 15.2 Å². The summed E-state index contributed by atoms with van der Waals surface area (Å²) >= 11 is 5.91. The van der Waals surface area contributed by atoms with E-state index in [1.165, 1.54) is 16.7 Å². The number of nitrogens with one attached hydrogen (secondary N) is 2. The molecule has 6 nitrogen and oxygen atoms in total. The molecule has 1 heterocycles. The van der Waals surface area contributed by atoms with E-state index in [-0.39, 0.29) is 0 Å². The topological polar surface area (TPSA) is 75.3 Å². The number of rotatable bonds is 6. The molecule has 3 rings (SSSR count). The Hall–Kier alpha value is -2.86. The third-order valence-electron chi connectivity index (χ3n) is 4.37. The van der Waals surface area contributed by atoms with E-state index in [1.54, 1.807) is 19.2 Å². The lowest BCUT2D eigenvalue weighted by Crippen LogP contribution is -2.38. The predicted molar refractivity (Wildman–Crippen MR) is 113 cm³/mol. The van der Waals surface area contributed by atoms with Crippen LogP contribution in [0.1, 0.15) is 22.6 Å². The molecule has 0 aliphatic rings. The second-order valence-corrected chi connectivity index (χ2v) is 6.99. The molecular formula is C21H24ClN5O. The Kier molecular flexibility index (Phi) is 6.66. The molecule has 7 heteroatoms. The van der Waals surface area contributed by atoms with Crippen molar-refractivity contribution in [2.75, 3.05) is 13.6 Å². The number of benzene rings is 2. The molecule has 2 aromatic carbocycles. The Labute approximate surface area is 170 Å². The first-order valence-corrected chi connectivity index (χ1v) is 9.52. The maximum Gasteiger partial charge on any atom is 0.228 e. The van der Waals surface area contributed by atoms with E-state index < -0.39 is 0 Å². The smallest absolute Gasteiger partial charge is 0.228 e. The molecule has 0 spiro atoms. The molecule has 0 radical (unpaired) electrons. The summed E-state index contributed by atoms with van der Waals surface area (Å²) in [5.41, 5.74) is 4.65. The van der Waals surface area contributed by atoms with E-state index in [0.29, 0.717) is 36.2 Å². The maximum atomic E-state index is 5.91. The molecule has 1 aromatic heterocycles. The molecule has 0 aliphatic carbocycles. The fourth-order valence-electron chi connectivity index (χ4n) is 2.80. The summed E-state index contributed by atoms with van der Waals surface area (Å²) in [6, 6.07) is 13.8. The standard InChI is InChI=1S/C21H24ClN5O/c1-14-4-5-17(15(2)12-14)13-25-21(23-3)24-11-10-19-26-20(27-28-19)16-6-8-18(22)9-7-16/h4-9,12H,10-11,13H2,1-3H3,(H2,23,24,25). The normalized spacial score (nSPS) is 11.5. The van der Waals surface area contributed by atoms with Gasteiger partial charge in [-0.05, 0) is 49.2 Å². The molecule has 0 amide bonds. The molecule has 0 unspecified atom stereocenters. The third kappa shape index (κ3) is 5.33. The van der Waals surface area contributed by atoms with Crippen molar-refractivity contribution >= 4 is 17.6 Å². The summed E-state index contributed by atoms with van der Waals surface area (Å²) in [7, 11) is 1.75. The minimum atomic E-state index is 0.559. The number of aryl methyl sites for hydroxylation is 2. The Morgan fingerprint density at radius 1 is 1.11 bits per heavy atom. The van der Waals surface area contributed by atoms with Crippen LogP contribution in [0.5, 0.6) is 0 Å². The SMILES string of the molecule is CN=C(NCCc1nc(-c2ccc(Cl)cc2)no1)NCc1ccc(C)cc1C. The summed E-state index contributed by atoms with van der Waals surface area (Å²) in [4.78, 5) is 8.68. The monoisotopic (exact) mass is 397 g/mol.